The van der Waals surface area contributed by atoms with Crippen molar-refractivity contribution in [3.8, 4) is 0 Å². The number of carbonyl (C=O) groups excluding carboxylic acids is 2. The molecule has 0 aromatic rings. The third-order valence-corrected chi connectivity index (χ3v) is 4.56. The van der Waals surface area contributed by atoms with Gasteiger partial charge in [0.05, 0.1) is 18.9 Å². The molecule has 2 aliphatic heterocycles. The summed E-state index contributed by atoms with van der Waals surface area (Å²) < 4.78 is 5.85. The fourth-order valence-electron chi connectivity index (χ4n) is 3.76. The number of hydrogen-bond donors (Lipinski definition) is 1. The lowest BCUT2D eigenvalue weighted by atomic mass is 9.62. The average Bonchev–Trinajstić information content (AvgIpc) is 2.78. The van der Waals surface area contributed by atoms with E-state index in [1.807, 2.05) is 13.0 Å². The Morgan fingerprint density at radius 3 is 2.85 bits per heavy atom. The van der Waals surface area contributed by atoms with E-state index in [4.69, 9.17) is 9.57 Å². The maximum Gasteiger partial charge on any atom is 0.263 e. The first-order valence-electron chi connectivity index (χ1n) is 6.56. The quantitative estimate of drug-likeness (QED) is 0.730. The maximum absolute atomic E-state index is 12.7. The number of nitrogens with zero attached hydrogens (tertiary/aromatic N) is 1. The van der Waals surface area contributed by atoms with Crippen LogP contribution in [0.4, 0.5) is 0 Å². The topological polar surface area (TPSA) is 76.1 Å². The Kier molecular flexibility index (Phi) is 2.86. The summed E-state index contributed by atoms with van der Waals surface area (Å²) in [5.41, 5.74) is -0.997. The van der Waals surface area contributed by atoms with Crippen LogP contribution in [0.25, 0.3) is 0 Å². The van der Waals surface area contributed by atoms with Crippen LogP contribution in [0, 0.1) is 11.3 Å². The SMILES string of the molecule is C=C1C2OC3CC(=O)C(O)C2(C(=O)N1OC)C3/C=C/C. The molecule has 1 amide bonds. The molecule has 5 atom stereocenters. The third-order valence-electron chi connectivity index (χ3n) is 4.56. The van der Waals surface area contributed by atoms with Gasteiger partial charge in [0, 0.05) is 12.3 Å². The Morgan fingerprint density at radius 1 is 1.55 bits per heavy atom. The van der Waals surface area contributed by atoms with Crippen LogP contribution in [0.15, 0.2) is 24.4 Å². The van der Waals surface area contributed by atoms with E-state index >= 15 is 0 Å². The number of allylic oxidation sites excluding steroid dienone is 1. The van der Waals surface area contributed by atoms with Gasteiger partial charge in [0.1, 0.15) is 17.6 Å². The summed E-state index contributed by atoms with van der Waals surface area (Å²) >= 11 is 0. The molecule has 1 N–H and O–H groups in total. The number of ketones is 1. The van der Waals surface area contributed by atoms with Gasteiger partial charge in [0.2, 0.25) is 0 Å². The van der Waals surface area contributed by atoms with Crippen molar-refractivity contribution in [3.05, 3.63) is 24.4 Å². The fourth-order valence-corrected chi connectivity index (χ4v) is 3.76. The molecule has 1 aliphatic carbocycles. The molecular weight excluding hydrogens is 262 g/mol. The van der Waals surface area contributed by atoms with E-state index in [0.717, 1.165) is 5.06 Å². The van der Waals surface area contributed by atoms with Crippen molar-refractivity contribution in [2.75, 3.05) is 7.11 Å². The summed E-state index contributed by atoms with van der Waals surface area (Å²) in [6.45, 7) is 5.65. The van der Waals surface area contributed by atoms with Crippen LogP contribution in [0.5, 0.6) is 0 Å². The zero-order valence-electron chi connectivity index (χ0n) is 11.4. The number of aliphatic hydroxyl groups is 1. The molecule has 1 saturated carbocycles. The predicted octanol–water partition coefficient (Wildman–Crippen LogP) is 0.183. The van der Waals surface area contributed by atoms with E-state index in [-0.39, 0.29) is 18.1 Å². The zero-order valence-corrected chi connectivity index (χ0v) is 11.4. The summed E-state index contributed by atoms with van der Waals surface area (Å²) in [5.74, 6) is -1.17. The monoisotopic (exact) mass is 279 g/mol. The van der Waals surface area contributed by atoms with Crippen LogP contribution in [-0.2, 0) is 19.2 Å². The van der Waals surface area contributed by atoms with Gasteiger partial charge in [-0.15, -0.1) is 0 Å². The molecule has 5 unspecified atom stereocenters. The van der Waals surface area contributed by atoms with Crippen LogP contribution >= 0.6 is 0 Å². The molecule has 6 nitrogen and oxygen atoms in total. The number of Topliss-reactive ketones (excluding diaryl/α,β-unsaturated/α-hetero) is 1. The molecule has 1 spiro atoms. The van der Waals surface area contributed by atoms with E-state index in [1.54, 1.807) is 6.08 Å². The average molecular weight is 279 g/mol. The molecule has 0 aromatic heterocycles. The van der Waals surface area contributed by atoms with Crippen molar-refractivity contribution in [2.24, 2.45) is 11.3 Å². The second-order valence-electron chi connectivity index (χ2n) is 5.39. The zero-order chi connectivity index (χ0) is 14.7. The number of ether oxygens (including phenoxy) is 1. The molecule has 0 radical (unpaired) electrons. The number of rotatable bonds is 2. The number of aliphatic hydroxyl groups excluding tert-OH is 1. The molecule has 3 rings (SSSR count). The third kappa shape index (κ3) is 1.29. The van der Waals surface area contributed by atoms with Crippen molar-refractivity contribution < 1.29 is 24.3 Å². The van der Waals surface area contributed by atoms with Crippen LogP contribution in [-0.4, -0.2) is 47.3 Å². The fraction of sp³-hybridized carbons (Fsp3) is 0.571. The van der Waals surface area contributed by atoms with Crippen molar-refractivity contribution in [1.29, 1.82) is 0 Å². The van der Waals surface area contributed by atoms with Crippen LogP contribution in [0.2, 0.25) is 0 Å². The van der Waals surface area contributed by atoms with Gasteiger partial charge in [-0.25, -0.2) is 0 Å². The van der Waals surface area contributed by atoms with Gasteiger partial charge in [0.25, 0.3) is 5.91 Å². The number of hydrogen-bond acceptors (Lipinski definition) is 5. The molecule has 20 heavy (non-hydrogen) atoms. The Labute approximate surface area is 116 Å². The van der Waals surface area contributed by atoms with E-state index in [0.29, 0.717) is 5.70 Å². The van der Waals surface area contributed by atoms with Gasteiger partial charge in [0.15, 0.2) is 5.78 Å². The lowest BCUT2D eigenvalue weighted by Crippen LogP contribution is -2.57. The summed E-state index contributed by atoms with van der Waals surface area (Å²) in [6.07, 6.45) is 1.23. The second kappa shape index (κ2) is 4.25. The Hall–Kier alpha value is -1.50. The molecule has 2 saturated heterocycles. The lowest BCUT2D eigenvalue weighted by Gasteiger charge is -2.38. The molecule has 108 valence electrons. The first kappa shape index (κ1) is 13.5. The molecule has 6 heteroatoms. The molecular formula is C14H17NO5. The summed E-state index contributed by atoms with van der Waals surface area (Å²) in [5, 5.41) is 11.4. The number of hydroxylamine groups is 2. The van der Waals surface area contributed by atoms with E-state index in [1.165, 1.54) is 7.11 Å². The highest BCUT2D eigenvalue weighted by Crippen LogP contribution is 2.58. The summed E-state index contributed by atoms with van der Waals surface area (Å²) in [4.78, 5) is 29.7. The van der Waals surface area contributed by atoms with Crippen molar-refractivity contribution >= 4 is 11.7 Å². The predicted molar refractivity (Wildman–Crippen MR) is 68.0 cm³/mol. The molecule has 2 heterocycles. The minimum absolute atomic E-state index is 0.113. The normalized spacial score (nSPS) is 43.8. The maximum atomic E-state index is 12.7. The van der Waals surface area contributed by atoms with Crippen LogP contribution < -0.4 is 0 Å². The molecule has 3 fully saturated rings. The molecule has 0 aromatic carbocycles. The van der Waals surface area contributed by atoms with Gasteiger partial charge in [-0.1, -0.05) is 18.7 Å². The number of fused-ring (bicyclic) bond motifs is 1. The highest BCUT2D eigenvalue weighted by molar-refractivity contribution is 5.99. The van der Waals surface area contributed by atoms with Crippen molar-refractivity contribution in [1.82, 2.24) is 5.06 Å². The first-order chi connectivity index (χ1) is 9.49. The Bertz CT molecular complexity index is 528. The van der Waals surface area contributed by atoms with Gasteiger partial charge in [-0.3, -0.25) is 14.4 Å². The minimum atomic E-state index is -1.39. The van der Waals surface area contributed by atoms with Crippen molar-refractivity contribution in [2.45, 2.75) is 31.7 Å². The van der Waals surface area contributed by atoms with Gasteiger partial charge in [-0.05, 0) is 6.92 Å². The molecule has 2 bridgehead atoms. The van der Waals surface area contributed by atoms with E-state index in [2.05, 4.69) is 6.58 Å². The Balaban J connectivity index is 2.18. The lowest BCUT2D eigenvalue weighted by molar-refractivity contribution is -0.178. The standard InChI is InChI=1S/C14H17NO5/c1-4-5-8-10-6-9(16)11(17)14(8)12(20-10)7(2)15(19-3)13(14)18/h4-5,8,10-12,17H,2,6H2,1,3H3/b5-4+. The van der Waals surface area contributed by atoms with E-state index in [9.17, 15) is 14.7 Å². The van der Waals surface area contributed by atoms with Crippen LogP contribution in [0.3, 0.4) is 0 Å². The largest absolute Gasteiger partial charge is 0.384 e. The smallest absolute Gasteiger partial charge is 0.263 e. The number of carbonyl (C=O) groups is 2. The Morgan fingerprint density at radius 2 is 2.25 bits per heavy atom. The molecule has 3 aliphatic rings. The highest BCUT2D eigenvalue weighted by atomic mass is 16.7. The first-order valence-corrected chi connectivity index (χ1v) is 6.56. The van der Waals surface area contributed by atoms with E-state index < -0.39 is 29.6 Å². The van der Waals surface area contributed by atoms with Crippen molar-refractivity contribution in [3.63, 3.8) is 0 Å². The second-order valence-corrected chi connectivity index (χ2v) is 5.39. The van der Waals surface area contributed by atoms with Gasteiger partial charge in [-0.2, -0.15) is 5.06 Å². The number of amides is 1. The van der Waals surface area contributed by atoms with Crippen LogP contribution in [0.1, 0.15) is 13.3 Å². The van der Waals surface area contributed by atoms with Gasteiger partial charge < -0.3 is 9.84 Å². The van der Waals surface area contributed by atoms with Gasteiger partial charge >= 0.3 is 0 Å². The summed E-state index contributed by atoms with van der Waals surface area (Å²) in [7, 11) is 1.35. The summed E-state index contributed by atoms with van der Waals surface area (Å²) in [6, 6.07) is 0. The highest BCUT2D eigenvalue weighted by Gasteiger charge is 2.74. The minimum Gasteiger partial charge on any atom is -0.384 e.